The summed E-state index contributed by atoms with van der Waals surface area (Å²) in [4.78, 5) is 4.32. The van der Waals surface area contributed by atoms with Gasteiger partial charge in [-0.05, 0) is 18.2 Å². The number of benzene rings is 1. The van der Waals surface area contributed by atoms with E-state index in [1.54, 1.807) is 6.20 Å². The molecular weight excluding hydrogens is 294 g/mol. The molecule has 23 heavy (non-hydrogen) atoms. The van der Waals surface area contributed by atoms with Crippen molar-refractivity contribution in [2.24, 2.45) is 0 Å². The smallest absolute Gasteiger partial charge is 0.167 e. The average molecular weight is 311 g/mol. The normalized spacial score (nSPS) is 13.3. The number of imidazole rings is 1. The van der Waals surface area contributed by atoms with Gasteiger partial charge in [0, 0.05) is 30.4 Å². The highest BCUT2D eigenvalue weighted by Crippen LogP contribution is 2.34. The van der Waals surface area contributed by atoms with Crippen LogP contribution in [0.15, 0.2) is 41.2 Å². The van der Waals surface area contributed by atoms with E-state index in [9.17, 15) is 0 Å². The van der Waals surface area contributed by atoms with Gasteiger partial charge in [-0.3, -0.25) is 0 Å². The minimum atomic E-state index is 0.568. The number of aromatic nitrogens is 3. The molecule has 0 radical (unpaired) electrons. The zero-order chi connectivity index (χ0) is 15.6. The van der Waals surface area contributed by atoms with Gasteiger partial charge >= 0.3 is 0 Å². The van der Waals surface area contributed by atoms with E-state index in [0.717, 1.165) is 40.8 Å². The van der Waals surface area contributed by atoms with Crippen molar-refractivity contribution in [1.29, 1.82) is 0 Å². The molecule has 0 bridgehead atoms. The van der Waals surface area contributed by atoms with Gasteiger partial charge < -0.3 is 18.6 Å². The van der Waals surface area contributed by atoms with Crippen LogP contribution in [0.2, 0.25) is 0 Å². The minimum absolute atomic E-state index is 0.568. The molecule has 0 aliphatic carbocycles. The summed E-state index contributed by atoms with van der Waals surface area (Å²) in [5.41, 5.74) is 1.79. The Balaban J connectivity index is 1.58. The first-order valence-corrected chi connectivity index (χ1v) is 7.69. The molecule has 1 aliphatic heterocycles. The Morgan fingerprint density at radius 3 is 2.87 bits per heavy atom. The molecule has 6 nitrogen and oxygen atoms in total. The molecule has 4 rings (SSSR count). The molecule has 0 saturated heterocycles. The molecule has 3 heterocycles. The number of hydrogen-bond donors (Lipinski definition) is 0. The largest absolute Gasteiger partial charge is 0.486 e. The van der Waals surface area contributed by atoms with Gasteiger partial charge in [0.2, 0.25) is 0 Å². The van der Waals surface area contributed by atoms with E-state index in [4.69, 9.17) is 14.0 Å². The maximum Gasteiger partial charge on any atom is 0.167 e. The molecule has 0 atom stereocenters. The van der Waals surface area contributed by atoms with Crippen LogP contribution in [0.3, 0.4) is 0 Å². The third-order valence-electron chi connectivity index (χ3n) is 3.84. The number of aryl methyl sites for hydroxylation is 1. The maximum absolute atomic E-state index is 5.61. The van der Waals surface area contributed by atoms with Crippen LogP contribution in [0, 0.1) is 0 Å². The predicted octanol–water partition coefficient (Wildman–Crippen LogP) is 2.92. The molecule has 0 unspecified atom stereocenters. The van der Waals surface area contributed by atoms with Crippen molar-refractivity contribution in [3.05, 3.63) is 48.2 Å². The third kappa shape index (κ3) is 2.67. The summed E-state index contributed by atoms with van der Waals surface area (Å²) in [6, 6.07) is 7.72. The quantitative estimate of drug-likeness (QED) is 0.741. The first-order chi connectivity index (χ1) is 11.3. The fourth-order valence-corrected chi connectivity index (χ4v) is 2.69. The highest BCUT2D eigenvalue weighted by molar-refractivity contribution is 5.63. The second-order valence-electron chi connectivity index (χ2n) is 5.37. The van der Waals surface area contributed by atoms with Crippen molar-refractivity contribution in [2.75, 3.05) is 13.2 Å². The van der Waals surface area contributed by atoms with E-state index in [-0.39, 0.29) is 0 Å². The molecule has 3 aromatic rings. The Hall–Kier alpha value is -2.76. The monoisotopic (exact) mass is 311 g/mol. The zero-order valence-electron chi connectivity index (χ0n) is 12.9. The van der Waals surface area contributed by atoms with Gasteiger partial charge in [0.25, 0.3) is 0 Å². The number of rotatable bonds is 4. The van der Waals surface area contributed by atoms with Crippen LogP contribution in [-0.2, 0) is 13.0 Å². The zero-order valence-corrected chi connectivity index (χ0v) is 12.9. The van der Waals surface area contributed by atoms with Gasteiger partial charge in [-0.15, -0.1) is 0 Å². The van der Waals surface area contributed by atoms with Crippen LogP contribution in [0.5, 0.6) is 11.5 Å². The van der Waals surface area contributed by atoms with Crippen LogP contribution in [0.25, 0.3) is 11.3 Å². The van der Waals surface area contributed by atoms with Crippen molar-refractivity contribution < 1.29 is 14.0 Å². The van der Waals surface area contributed by atoms with Crippen LogP contribution in [-0.4, -0.2) is 27.9 Å². The Labute approximate surface area is 133 Å². The fraction of sp³-hybridized carbons (Fsp3) is 0.294. The molecule has 2 aromatic heterocycles. The molecule has 0 N–H and O–H groups in total. The lowest BCUT2D eigenvalue weighted by molar-refractivity contribution is 0.171. The Morgan fingerprint density at radius 1 is 1.13 bits per heavy atom. The number of nitrogens with zero attached hydrogens (tertiary/aromatic N) is 3. The van der Waals surface area contributed by atoms with E-state index < -0.39 is 0 Å². The first-order valence-electron chi connectivity index (χ1n) is 7.69. The SMILES string of the molecule is CCc1nccn1Cc1cc(-c2ccc3c(c2)OCCO3)on1. The number of fused-ring (bicyclic) bond motifs is 1. The molecule has 0 amide bonds. The Kier molecular flexibility index (Phi) is 3.49. The van der Waals surface area contributed by atoms with Gasteiger partial charge in [0.15, 0.2) is 17.3 Å². The lowest BCUT2D eigenvalue weighted by Crippen LogP contribution is -2.15. The van der Waals surface area contributed by atoms with Gasteiger partial charge in [0.1, 0.15) is 24.7 Å². The Bertz CT molecular complexity index is 822. The summed E-state index contributed by atoms with van der Waals surface area (Å²) in [6.07, 6.45) is 4.65. The highest BCUT2D eigenvalue weighted by Gasteiger charge is 2.15. The second kappa shape index (κ2) is 5.79. The number of ether oxygens (including phenoxy) is 2. The van der Waals surface area contributed by atoms with Crippen molar-refractivity contribution >= 4 is 0 Å². The van der Waals surface area contributed by atoms with Crippen LogP contribution < -0.4 is 9.47 Å². The van der Waals surface area contributed by atoms with Crippen molar-refractivity contribution in [3.8, 4) is 22.8 Å². The summed E-state index contributed by atoms with van der Waals surface area (Å²) in [5.74, 6) is 3.27. The van der Waals surface area contributed by atoms with E-state index >= 15 is 0 Å². The lowest BCUT2D eigenvalue weighted by Gasteiger charge is -2.18. The third-order valence-corrected chi connectivity index (χ3v) is 3.84. The first kappa shape index (κ1) is 13.9. The van der Waals surface area contributed by atoms with Crippen molar-refractivity contribution in [3.63, 3.8) is 0 Å². The molecule has 0 fully saturated rings. The van der Waals surface area contributed by atoms with Crippen LogP contribution in [0.4, 0.5) is 0 Å². The lowest BCUT2D eigenvalue weighted by atomic mass is 10.1. The Morgan fingerprint density at radius 2 is 2.00 bits per heavy atom. The van der Waals surface area contributed by atoms with Gasteiger partial charge in [-0.2, -0.15) is 0 Å². The molecular formula is C17H17N3O3. The molecule has 1 aliphatic rings. The fourth-order valence-electron chi connectivity index (χ4n) is 2.69. The van der Waals surface area contributed by atoms with E-state index in [1.165, 1.54) is 0 Å². The highest BCUT2D eigenvalue weighted by atomic mass is 16.6. The van der Waals surface area contributed by atoms with E-state index in [1.807, 2.05) is 30.5 Å². The van der Waals surface area contributed by atoms with Gasteiger partial charge in [-0.1, -0.05) is 12.1 Å². The maximum atomic E-state index is 5.61. The van der Waals surface area contributed by atoms with Crippen molar-refractivity contribution in [2.45, 2.75) is 19.9 Å². The van der Waals surface area contributed by atoms with Crippen LogP contribution in [0.1, 0.15) is 18.4 Å². The van der Waals surface area contributed by atoms with E-state index in [2.05, 4.69) is 21.6 Å². The molecule has 0 saturated carbocycles. The molecule has 0 spiro atoms. The number of hydrogen-bond acceptors (Lipinski definition) is 5. The van der Waals surface area contributed by atoms with Gasteiger partial charge in [0.05, 0.1) is 6.54 Å². The molecule has 1 aromatic carbocycles. The topological polar surface area (TPSA) is 62.3 Å². The summed E-state index contributed by atoms with van der Waals surface area (Å²) >= 11 is 0. The average Bonchev–Trinajstić information content (AvgIpc) is 3.24. The summed E-state index contributed by atoms with van der Waals surface area (Å²) in [6.45, 7) is 3.89. The predicted molar refractivity (Wildman–Crippen MR) is 83.6 cm³/mol. The standard InChI is InChI=1S/C17H17N3O3/c1-2-17-18-5-6-20(17)11-13-10-15(23-19-13)12-3-4-14-16(9-12)22-8-7-21-14/h3-6,9-10H,2,7-8,11H2,1H3. The summed E-state index contributed by atoms with van der Waals surface area (Å²) in [7, 11) is 0. The summed E-state index contributed by atoms with van der Waals surface area (Å²) in [5, 5.41) is 4.16. The molecule has 118 valence electrons. The van der Waals surface area contributed by atoms with Gasteiger partial charge in [-0.25, -0.2) is 4.98 Å². The second-order valence-corrected chi connectivity index (χ2v) is 5.37. The van der Waals surface area contributed by atoms with E-state index in [0.29, 0.717) is 19.8 Å². The van der Waals surface area contributed by atoms with Crippen molar-refractivity contribution in [1.82, 2.24) is 14.7 Å². The summed E-state index contributed by atoms with van der Waals surface area (Å²) < 4.78 is 18.7. The molecule has 6 heteroatoms. The van der Waals surface area contributed by atoms with Crippen LogP contribution >= 0.6 is 0 Å². The minimum Gasteiger partial charge on any atom is -0.486 e.